The Balaban J connectivity index is 1.75. The van der Waals surface area contributed by atoms with Crippen molar-refractivity contribution < 1.29 is 13.2 Å². The third kappa shape index (κ3) is 6.52. The second-order valence-corrected chi connectivity index (χ2v) is 11.7. The molecule has 0 saturated carbocycles. The standard InChI is InChI=1S/C25H35N3O3S2/c1-17(2)25(29)26-23-15-22(12-13-24(23)32-5)33(30,31)27-19(4)20-8-10-21(11-9-20)28-14-6-7-18(3)16-28/h8-13,15,17-19,27H,6-7,14,16H2,1-5H3,(H,26,29). The first kappa shape index (κ1) is 25.6. The minimum Gasteiger partial charge on any atom is -0.371 e. The molecule has 0 aliphatic carbocycles. The lowest BCUT2D eigenvalue weighted by Gasteiger charge is -2.33. The molecule has 180 valence electrons. The van der Waals surface area contributed by atoms with Gasteiger partial charge in [-0.1, -0.05) is 32.9 Å². The van der Waals surface area contributed by atoms with E-state index in [1.54, 1.807) is 26.0 Å². The highest BCUT2D eigenvalue weighted by Crippen LogP contribution is 2.30. The molecule has 6 nitrogen and oxygen atoms in total. The van der Waals surface area contributed by atoms with Crippen LogP contribution in [0.1, 0.15) is 52.1 Å². The maximum atomic E-state index is 13.1. The van der Waals surface area contributed by atoms with E-state index in [0.717, 1.165) is 23.5 Å². The van der Waals surface area contributed by atoms with Gasteiger partial charge in [-0.15, -0.1) is 11.8 Å². The van der Waals surface area contributed by atoms with Crippen molar-refractivity contribution in [3.63, 3.8) is 0 Å². The highest BCUT2D eigenvalue weighted by Gasteiger charge is 2.22. The number of sulfonamides is 1. The molecule has 1 amide bonds. The highest BCUT2D eigenvalue weighted by atomic mass is 32.2. The van der Waals surface area contributed by atoms with Crippen LogP contribution in [0.4, 0.5) is 11.4 Å². The van der Waals surface area contributed by atoms with E-state index in [-0.39, 0.29) is 16.7 Å². The van der Waals surface area contributed by atoms with Gasteiger partial charge in [0.25, 0.3) is 0 Å². The summed E-state index contributed by atoms with van der Waals surface area (Å²) in [7, 11) is -3.77. The van der Waals surface area contributed by atoms with E-state index in [1.807, 2.05) is 25.3 Å². The van der Waals surface area contributed by atoms with Gasteiger partial charge < -0.3 is 10.2 Å². The molecule has 2 aromatic carbocycles. The van der Waals surface area contributed by atoms with Crippen molar-refractivity contribution >= 4 is 39.1 Å². The first-order chi connectivity index (χ1) is 15.6. The molecule has 1 saturated heterocycles. The second kappa shape index (κ2) is 10.9. The summed E-state index contributed by atoms with van der Waals surface area (Å²) in [6.07, 6.45) is 4.37. The maximum Gasteiger partial charge on any atom is 0.241 e. The van der Waals surface area contributed by atoms with Crippen LogP contribution in [0.25, 0.3) is 0 Å². The van der Waals surface area contributed by atoms with Gasteiger partial charge in [0.05, 0.1) is 10.6 Å². The van der Waals surface area contributed by atoms with Gasteiger partial charge in [-0.3, -0.25) is 4.79 Å². The van der Waals surface area contributed by atoms with Gasteiger partial charge in [0.1, 0.15) is 0 Å². The van der Waals surface area contributed by atoms with Crippen LogP contribution in [0.2, 0.25) is 0 Å². The quantitative estimate of drug-likeness (QED) is 0.493. The first-order valence-electron chi connectivity index (χ1n) is 11.5. The molecule has 1 fully saturated rings. The van der Waals surface area contributed by atoms with Crippen LogP contribution in [0, 0.1) is 11.8 Å². The molecule has 2 unspecified atom stereocenters. The number of anilines is 2. The molecule has 2 aromatic rings. The zero-order chi connectivity index (χ0) is 24.2. The van der Waals surface area contributed by atoms with Gasteiger partial charge >= 0.3 is 0 Å². The number of nitrogens with one attached hydrogen (secondary N) is 2. The predicted molar refractivity (Wildman–Crippen MR) is 137 cm³/mol. The van der Waals surface area contributed by atoms with E-state index in [9.17, 15) is 13.2 Å². The molecule has 3 rings (SSSR count). The predicted octanol–water partition coefficient (Wildman–Crippen LogP) is 5.28. The molecule has 0 aromatic heterocycles. The van der Waals surface area contributed by atoms with Gasteiger partial charge in [-0.25, -0.2) is 13.1 Å². The fraction of sp³-hybridized carbons (Fsp3) is 0.480. The summed E-state index contributed by atoms with van der Waals surface area (Å²) in [5, 5.41) is 2.84. The van der Waals surface area contributed by atoms with Crippen molar-refractivity contribution in [2.24, 2.45) is 11.8 Å². The Kier molecular flexibility index (Phi) is 8.48. The average Bonchev–Trinajstić information content (AvgIpc) is 2.78. The molecule has 1 aliphatic heterocycles. The van der Waals surface area contributed by atoms with Crippen LogP contribution in [0.3, 0.4) is 0 Å². The Labute approximate surface area is 202 Å². The zero-order valence-electron chi connectivity index (χ0n) is 20.1. The second-order valence-electron chi connectivity index (χ2n) is 9.13. The average molecular weight is 490 g/mol. The van der Waals surface area contributed by atoms with Crippen LogP contribution < -0.4 is 14.9 Å². The number of hydrogen-bond donors (Lipinski definition) is 2. The lowest BCUT2D eigenvalue weighted by Crippen LogP contribution is -2.34. The number of carbonyl (C=O) groups excluding carboxylic acids is 1. The van der Waals surface area contributed by atoms with Crippen molar-refractivity contribution in [2.75, 3.05) is 29.6 Å². The fourth-order valence-electron chi connectivity index (χ4n) is 4.00. The van der Waals surface area contributed by atoms with Crippen LogP contribution in [0.5, 0.6) is 0 Å². The van der Waals surface area contributed by atoms with Crippen LogP contribution in [0.15, 0.2) is 52.3 Å². The van der Waals surface area contributed by atoms with Crippen molar-refractivity contribution in [1.82, 2.24) is 4.72 Å². The molecule has 1 heterocycles. The lowest BCUT2D eigenvalue weighted by atomic mass is 9.99. The summed E-state index contributed by atoms with van der Waals surface area (Å²) < 4.78 is 29.0. The summed E-state index contributed by atoms with van der Waals surface area (Å²) in [4.78, 5) is 15.5. The first-order valence-corrected chi connectivity index (χ1v) is 14.2. The largest absolute Gasteiger partial charge is 0.371 e. The summed E-state index contributed by atoms with van der Waals surface area (Å²) in [5.74, 6) is 0.343. The molecule has 2 N–H and O–H groups in total. The lowest BCUT2D eigenvalue weighted by molar-refractivity contribution is -0.118. The third-order valence-electron chi connectivity index (χ3n) is 6.01. The summed E-state index contributed by atoms with van der Waals surface area (Å²) in [5.41, 5.74) is 2.59. The summed E-state index contributed by atoms with van der Waals surface area (Å²) in [6, 6.07) is 12.6. The Bertz CT molecular complexity index is 1070. The minimum absolute atomic E-state index is 0.130. The number of benzene rings is 2. The normalized spacial score (nSPS) is 17.8. The number of rotatable bonds is 8. The summed E-state index contributed by atoms with van der Waals surface area (Å²) >= 11 is 1.46. The van der Waals surface area contributed by atoms with Crippen LogP contribution in [-0.4, -0.2) is 33.7 Å². The van der Waals surface area contributed by atoms with Crippen molar-refractivity contribution in [3.05, 3.63) is 48.0 Å². The zero-order valence-corrected chi connectivity index (χ0v) is 21.7. The van der Waals surface area contributed by atoms with Gasteiger partial charge in [-0.05, 0) is 67.8 Å². The Morgan fingerprint density at radius 2 is 1.82 bits per heavy atom. The fourth-order valence-corrected chi connectivity index (χ4v) is 5.79. The Hall–Kier alpha value is -2.03. The number of carbonyl (C=O) groups is 1. The number of amides is 1. The van der Waals surface area contributed by atoms with E-state index in [1.165, 1.54) is 36.4 Å². The molecule has 33 heavy (non-hydrogen) atoms. The van der Waals surface area contributed by atoms with Crippen LogP contribution >= 0.6 is 11.8 Å². The molecule has 0 radical (unpaired) electrons. The van der Waals surface area contributed by atoms with E-state index in [0.29, 0.717) is 11.6 Å². The van der Waals surface area contributed by atoms with E-state index in [2.05, 4.69) is 34.0 Å². The van der Waals surface area contributed by atoms with E-state index >= 15 is 0 Å². The SMILES string of the molecule is CSc1ccc(S(=O)(=O)NC(C)c2ccc(N3CCCC(C)C3)cc2)cc1NC(=O)C(C)C. The molecule has 0 spiro atoms. The number of hydrogen-bond acceptors (Lipinski definition) is 5. The molecular formula is C25H35N3O3S2. The summed E-state index contributed by atoms with van der Waals surface area (Å²) in [6.45, 7) is 9.84. The molecule has 0 bridgehead atoms. The number of thioether (sulfide) groups is 1. The molecule has 1 aliphatic rings. The smallest absolute Gasteiger partial charge is 0.241 e. The molecule has 2 atom stereocenters. The van der Waals surface area contributed by atoms with Gasteiger partial charge in [0.2, 0.25) is 15.9 Å². The Morgan fingerprint density at radius 1 is 1.12 bits per heavy atom. The van der Waals surface area contributed by atoms with E-state index in [4.69, 9.17) is 0 Å². The van der Waals surface area contributed by atoms with Crippen LogP contribution in [-0.2, 0) is 14.8 Å². The van der Waals surface area contributed by atoms with Gasteiger partial charge in [0.15, 0.2) is 0 Å². The Morgan fingerprint density at radius 3 is 2.42 bits per heavy atom. The maximum absolute atomic E-state index is 13.1. The molecular weight excluding hydrogens is 454 g/mol. The third-order valence-corrected chi connectivity index (χ3v) is 8.34. The number of nitrogens with zero attached hydrogens (tertiary/aromatic N) is 1. The van der Waals surface area contributed by atoms with Crippen molar-refractivity contribution in [3.8, 4) is 0 Å². The molecule has 8 heteroatoms. The van der Waals surface area contributed by atoms with Crippen molar-refractivity contribution in [2.45, 2.75) is 56.4 Å². The highest BCUT2D eigenvalue weighted by molar-refractivity contribution is 7.98. The van der Waals surface area contributed by atoms with Gasteiger partial charge in [0, 0.05) is 35.6 Å². The number of piperidine rings is 1. The van der Waals surface area contributed by atoms with Crippen molar-refractivity contribution in [1.29, 1.82) is 0 Å². The monoisotopic (exact) mass is 489 g/mol. The van der Waals surface area contributed by atoms with E-state index < -0.39 is 16.1 Å². The minimum atomic E-state index is -3.77. The van der Waals surface area contributed by atoms with Gasteiger partial charge in [-0.2, -0.15) is 0 Å². The topological polar surface area (TPSA) is 78.5 Å².